The molecule has 1 N–H and O–H groups in total. The summed E-state index contributed by atoms with van der Waals surface area (Å²) >= 11 is 1.59. The van der Waals surface area contributed by atoms with Gasteiger partial charge in [-0.2, -0.15) is 4.99 Å². The number of halogens is 3. The summed E-state index contributed by atoms with van der Waals surface area (Å²) in [5.41, 5.74) is 7.16. The quantitative estimate of drug-likeness (QED) is 0.217. The zero-order valence-electron chi connectivity index (χ0n) is 24.0. The Hall–Kier alpha value is -4.32. The number of alkyl halides is 3. The number of hydrogen-bond acceptors (Lipinski definition) is 5. The van der Waals surface area contributed by atoms with Gasteiger partial charge in [0.1, 0.15) is 12.1 Å². The van der Waals surface area contributed by atoms with Gasteiger partial charge in [-0.1, -0.05) is 53.7 Å². The molecule has 1 aromatic heterocycles. The summed E-state index contributed by atoms with van der Waals surface area (Å²) in [5.74, 6) is 1.07. The number of ether oxygens (including phenoxy) is 1. The van der Waals surface area contributed by atoms with Crippen LogP contribution in [0, 0.1) is 20.8 Å². The minimum Gasteiger partial charge on any atom is -0.406 e. The van der Waals surface area contributed by atoms with E-state index >= 15 is 0 Å². The summed E-state index contributed by atoms with van der Waals surface area (Å²) in [6, 6.07) is 17.2. The molecule has 0 unspecified atom stereocenters. The van der Waals surface area contributed by atoms with Crippen LogP contribution in [0.2, 0.25) is 0 Å². The molecule has 2 amide bonds. The molecule has 12 heteroatoms. The van der Waals surface area contributed by atoms with Crippen molar-refractivity contribution in [1.29, 1.82) is 0 Å². The van der Waals surface area contributed by atoms with Crippen LogP contribution in [0.15, 0.2) is 72.0 Å². The maximum Gasteiger partial charge on any atom is 0.573 e. The van der Waals surface area contributed by atoms with Gasteiger partial charge in [0.2, 0.25) is 0 Å². The topological polar surface area (TPSA) is 84.6 Å². The van der Waals surface area contributed by atoms with Crippen molar-refractivity contribution in [1.82, 2.24) is 20.1 Å². The van der Waals surface area contributed by atoms with E-state index in [9.17, 15) is 18.0 Å². The van der Waals surface area contributed by atoms with E-state index in [0.717, 1.165) is 47.1 Å². The van der Waals surface area contributed by atoms with E-state index in [1.807, 2.05) is 24.3 Å². The van der Waals surface area contributed by atoms with Gasteiger partial charge in [0.15, 0.2) is 11.0 Å². The maximum atomic E-state index is 12.6. The van der Waals surface area contributed by atoms with E-state index in [0.29, 0.717) is 18.1 Å². The number of amidine groups is 1. The SMILES string of the molecule is Cc1cc(C)c(N2CCS/C2=N\C(=O)NCCCc2ccc(-c3ncn(-c4ccc(OC(F)(F)F)cc4)n3)cc2)c(C)c1. The first-order valence-electron chi connectivity index (χ1n) is 13.8. The molecule has 224 valence electrons. The number of rotatable bonds is 8. The van der Waals surface area contributed by atoms with Crippen LogP contribution in [0.25, 0.3) is 17.1 Å². The van der Waals surface area contributed by atoms with Crippen LogP contribution in [0.1, 0.15) is 28.7 Å². The monoisotopic (exact) mass is 608 g/mol. The lowest BCUT2D eigenvalue weighted by molar-refractivity contribution is -0.274. The van der Waals surface area contributed by atoms with Crippen LogP contribution in [0.3, 0.4) is 0 Å². The smallest absolute Gasteiger partial charge is 0.406 e. The van der Waals surface area contributed by atoms with Crippen LogP contribution in [-0.4, -0.2) is 51.2 Å². The van der Waals surface area contributed by atoms with Crippen LogP contribution < -0.4 is 15.0 Å². The molecule has 4 aromatic rings. The third kappa shape index (κ3) is 7.75. The third-order valence-corrected chi connectivity index (χ3v) is 7.79. The number of aliphatic imine (C=N–C) groups is 1. The number of urea groups is 1. The number of carbonyl (C=O) groups excluding carboxylic acids is 1. The molecule has 5 rings (SSSR count). The fourth-order valence-corrected chi connectivity index (χ4v) is 6.00. The zero-order valence-corrected chi connectivity index (χ0v) is 24.8. The number of benzene rings is 3. The Kier molecular flexibility index (Phi) is 9.05. The third-order valence-electron chi connectivity index (χ3n) is 6.84. The first-order chi connectivity index (χ1) is 20.6. The molecule has 43 heavy (non-hydrogen) atoms. The number of aromatic nitrogens is 3. The van der Waals surface area contributed by atoms with Crippen molar-refractivity contribution >= 4 is 28.6 Å². The predicted octanol–water partition coefficient (Wildman–Crippen LogP) is 7.01. The number of amides is 2. The second-order valence-electron chi connectivity index (χ2n) is 10.2. The fourth-order valence-electron chi connectivity index (χ4n) is 5.06. The number of nitrogens with zero attached hydrogens (tertiary/aromatic N) is 5. The fraction of sp³-hybridized carbons (Fsp3) is 0.290. The van der Waals surface area contributed by atoms with Crippen LogP contribution in [0.4, 0.5) is 23.7 Å². The van der Waals surface area contributed by atoms with Crippen LogP contribution in [0.5, 0.6) is 5.75 Å². The first-order valence-corrected chi connectivity index (χ1v) is 14.8. The Morgan fingerprint density at radius 2 is 1.74 bits per heavy atom. The summed E-state index contributed by atoms with van der Waals surface area (Å²) in [5, 5.41) is 8.07. The van der Waals surface area contributed by atoms with Gasteiger partial charge in [-0.25, -0.2) is 14.5 Å². The lowest BCUT2D eigenvalue weighted by Gasteiger charge is -2.23. The van der Waals surface area contributed by atoms with E-state index in [-0.39, 0.29) is 11.8 Å². The molecule has 1 aliphatic heterocycles. The molecule has 1 aliphatic rings. The standard InChI is InChI=1S/C31H31F3N6O2S/c1-20-17-21(2)27(22(3)18-20)39-15-16-43-30(39)37-29(41)35-14-4-5-23-6-8-24(9-7-23)28-36-19-40(38-28)25-10-12-26(13-11-25)42-31(32,33)34/h6-13,17-19H,4-5,14-16H2,1-3H3,(H,35,41)/b37-30-. The van der Waals surface area contributed by atoms with Gasteiger partial charge in [0, 0.05) is 30.1 Å². The highest BCUT2D eigenvalue weighted by Gasteiger charge is 2.31. The molecule has 0 aliphatic carbocycles. The average Bonchev–Trinajstić information content (AvgIpc) is 3.61. The second-order valence-corrected chi connectivity index (χ2v) is 11.3. The van der Waals surface area contributed by atoms with Crippen molar-refractivity contribution in [2.45, 2.75) is 40.0 Å². The van der Waals surface area contributed by atoms with Gasteiger partial charge >= 0.3 is 12.4 Å². The first kappa shape index (κ1) is 30.1. The minimum atomic E-state index is -4.74. The summed E-state index contributed by atoms with van der Waals surface area (Å²) in [6.45, 7) is 7.59. The van der Waals surface area contributed by atoms with Gasteiger partial charge in [-0.05, 0) is 74.6 Å². The molecule has 8 nitrogen and oxygen atoms in total. The molecule has 0 spiro atoms. The number of aryl methyl sites for hydroxylation is 4. The molecular weight excluding hydrogens is 577 g/mol. The lowest BCUT2D eigenvalue weighted by atomic mass is 10.0. The number of carbonyl (C=O) groups is 1. The van der Waals surface area contributed by atoms with Crippen molar-refractivity contribution < 1.29 is 22.7 Å². The highest BCUT2D eigenvalue weighted by atomic mass is 32.2. The van der Waals surface area contributed by atoms with E-state index in [1.165, 1.54) is 52.0 Å². The molecule has 0 radical (unpaired) electrons. The number of anilines is 1. The van der Waals surface area contributed by atoms with Crippen LogP contribution in [-0.2, 0) is 6.42 Å². The molecule has 1 saturated heterocycles. The number of hydrogen-bond donors (Lipinski definition) is 1. The Morgan fingerprint density at radius 3 is 2.42 bits per heavy atom. The largest absolute Gasteiger partial charge is 0.573 e. The molecule has 0 atom stereocenters. The summed E-state index contributed by atoms with van der Waals surface area (Å²) in [6.07, 6.45) is -1.71. The van der Waals surface area contributed by atoms with Gasteiger partial charge in [-0.3, -0.25) is 0 Å². The van der Waals surface area contributed by atoms with Crippen molar-refractivity contribution in [2.75, 3.05) is 23.7 Å². The molecule has 1 fully saturated rings. The number of nitrogens with one attached hydrogen (secondary N) is 1. The molecule has 0 saturated carbocycles. The van der Waals surface area contributed by atoms with E-state index in [1.54, 1.807) is 11.8 Å². The van der Waals surface area contributed by atoms with Gasteiger partial charge in [-0.15, -0.1) is 18.3 Å². The Balaban J connectivity index is 1.11. The van der Waals surface area contributed by atoms with Crippen molar-refractivity contribution in [2.24, 2.45) is 4.99 Å². The summed E-state index contributed by atoms with van der Waals surface area (Å²) in [4.78, 5) is 23.4. The molecule has 3 aromatic carbocycles. The maximum absolute atomic E-state index is 12.6. The molecular formula is C31H31F3N6O2S. The minimum absolute atomic E-state index is 0.303. The average molecular weight is 609 g/mol. The van der Waals surface area contributed by atoms with Gasteiger partial charge < -0.3 is 15.0 Å². The predicted molar refractivity (Wildman–Crippen MR) is 163 cm³/mol. The molecule has 2 heterocycles. The Bertz CT molecular complexity index is 1590. The number of thioether (sulfide) groups is 1. The summed E-state index contributed by atoms with van der Waals surface area (Å²) in [7, 11) is 0. The second kappa shape index (κ2) is 12.9. The Labute approximate surface area is 252 Å². The highest BCUT2D eigenvalue weighted by molar-refractivity contribution is 8.14. The summed E-state index contributed by atoms with van der Waals surface area (Å²) < 4.78 is 42.6. The van der Waals surface area contributed by atoms with Crippen molar-refractivity contribution in [3.63, 3.8) is 0 Å². The molecule has 0 bridgehead atoms. The van der Waals surface area contributed by atoms with E-state index < -0.39 is 6.36 Å². The normalized spacial score (nSPS) is 14.4. The van der Waals surface area contributed by atoms with Crippen molar-refractivity contribution in [3.8, 4) is 22.8 Å². The van der Waals surface area contributed by atoms with E-state index in [4.69, 9.17) is 0 Å². The highest BCUT2D eigenvalue weighted by Crippen LogP contribution is 2.32. The Morgan fingerprint density at radius 1 is 1.05 bits per heavy atom. The van der Waals surface area contributed by atoms with Gasteiger partial charge in [0.05, 0.1) is 5.69 Å². The van der Waals surface area contributed by atoms with E-state index in [2.05, 4.69) is 62.9 Å². The van der Waals surface area contributed by atoms with Crippen molar-refractivity contribution in [3.05, 3.63) is 89.2 Å². The lowest BCUT2D eigenvalue weighted by Crippen LogP contribution is -2.29. The van der Waals surface area contributed by atoms with Gasteiger partial charge in [0.25, 0.3) is 0 Å². The zero-order chi connectivity index (χ0) is 30.6. The van der Waals surface area contributed by atoms with Crippen LogP contribution >= 0.6 is 11.8 Å².